The molecule has 0 aromatic carbocycles. The molecule has 1 atom stereocenters. The molecule has 1 unspecified atom stereocenters. The van der Waals surface area contributed by atoms with Gasteiger partial charge in [0.2, 0.25) is 6.41 Å². The van der Waals surface area contributed by atoms with E-state index in [2.05, 4.69) is 10.3 Å². The first-order valence-corrected chi connectivity index (χ1v) is 5.97. The molecule has 86 valence electrons. The highest BCUT2D eigenvalue weighted by Gasteiger charge is 1.99. The molecule has 0 saturated carbocycles. The first-order chi connectivity index (χ1) is 7.65. The number of hydrogen-bond acceptors (Lipinski definition) is 3. The first kappa shape index (κ1) is 12.6. The topological polar surface area (TPSA) is 42.0 Å². The lowest BCUT2D eigenvalue weighted by Gasteiger charge is -2.09. The van der Waals surface area contributed by atoms with Gasteiger partial charge in [-0.05, 0) is 26.8 Å². The van der Waals surface area contributed by atoms with Gasteiger partial charge >= 0.3 is 0 Å². The summed E-state index contributed by atoms with van der Waals surface area (Å²) in [5, 5.41) is 2.71. The lowest BCUT2D eigenvalue weighted by atomic mass is 10.1. The van der Waals surface area contributed by atoms with Crippen LogP contribution in [-0.4, -0.2) is 17.4 Å². The van der Waals surface area contributed by atoms with E-state index in [0.29, 0.717) is 0 Å². The van der Waals surface area contributed by atoms with Gasteiger partial charge in [-0.1, -0.05) is 17.7 Å². The molecular weight excluding hydrogens is 220 g/mol. The maximum atomic E-state index is 10.3. The van der Waals surface area contributed by atoms with Crippen LogP contribution in [0, 0.1) is 6.92 Å². The molecule has 0 aliphatic carbocycles. The second-order valence-corrected chi connectivity index (χ2v) is 4.46. The molecule has 0 bridgehead atoms. The smallest absolute Gasteiger partial charge is 0.207 e. The molecule has 4 heteroatoms. The fourth-order valence-corrected chi connectivity index (χ4v) is 1.84. The number of carbonyl (C=O) groups excluding carboxylic acids is 1. The Balaban J connectivity index is 2.62. The van der Waals surface area contributed by atoms with Crippen molar-refractivity contribution in [3.8, 4) is 0 Å². The Bertz CT molecular complexity index is 407. The van der Waals surface area contributed by atoms with E-state index in [9.17, 15) is 4.79 Å². The minimum absolute atomic E-state index is 0.0738. The maximum Gasteiger partial charge on any atom is 0.207 e. The van der Waals surface area contributed by atoms with E-state index in [1.165, 1.54) is 4.88 Å². The fourth-order valence-electron chi connectivity index (χ4n) is 1.14. The predicted octanol–water partition coefficient (Wildman–Crippen LogP) is 2.55. The van der Waals surface area contributed by atoms with Crippen LogP contribution in [0.5, 0.6) is 0 Å². The van der Waals surface area contributed by atoms with E-state index < -0.39 is 0 Å². The van der Waals surface area contributed by atoms with Crippen molar-refractivity contribution in [2.45, 2.75) is 26.8 Å². The molecule has 0 spiro atoms. The number of aryl methyl sites for hydroxylation is 1. The standard InChI is InChI=1S/C12H16N2OS/c1-9(10(2)13-7-15)5-4-6-12-11(3)14-8-16-12/h4-8,10H,1-3H3,(H,13,15)/b6-4+,9-5+. The molecule has 0 aliphatic rings. The fraction of sp³-hybridized carbons (Fsp3) is 0.333. The summed E-state index contributed by atoms with van der Waals surface area (Å²) in [6.45, 7) is 5.93. The van der Waals surface area contributed by atoms with E-state index in [-0.39, 0.29) is 6.04 Å². The zero-order valence-corrected chi connectivity index (χ0v) is 10.5. The quantitative estimate of drug-likeness (QED) is 0.630. The van der Waals surface area contributed by atoms with Crippen LogP contribution in [0.25, 0.3) is 6.08 Å². The van der Waals surface area contributed by atoms with Gasteiger partial charge in [0.05, 0.1) is 11.2 Å². The summed E-state index contributed by atoms with van der Waals surface area (Å²) in [7, 11) is 0. The van der Waals surface area contributed by atoms with Crippen LogP contribution in [0.1, 0.15) is 24.4 Å². The van der Waals surface area contributed by atoms with Gasteiger partial charge in [0.15, 0.2) is 0 Å². The molecule has 1 amide bonds. The van der Waals surface area contributed by atoms with Crippen molar-refractivity contribution in [3.63, 3.8) is 0 Å². The molecule has 16 heavy (non-hydrogen) atoms. The summed E-state index contributed by atoms with van der Waals surface area (Å²) < 4.78 is 0. The molecule has 1 aromatic heterocycles. The monoisotopic (exact) mass is 236 g/mol. The molecule has 0 fully saturated rings. The van der Waals surface area contributed by atoms with Crippen molar-refractivity contribution < 1.29 is 4.79 Å². The highest BCUT2D eigenvalue weighted by molar-refractivity contribution is 7.10. The van der Waals surface area contributed by atoms with Crippen LogP contribution in [0.15, 0.2) is 23.2 Å². The Hall–Kier alpha value is -1.42. The Morgan fingerprint density at radius 3 is 2.94 bits per heavy atom. The molecule has 1 aromatic rings. The van der Waals surface area contributed by atoms with Gasteiger partial charge in [0, 0.05) is 10.9 Å². The number of rotatable bonds is 5. The average molecular weight is 236 g/mol. The molecule has 1 N–H and O–H groups in total. The van der Waals surface area contributed by atoms with E-state index in [4.69, 9.17) is 0 Å². The highest BCUT2D eigenvalue weighted by atomic mass is 32.1. The lowest BCUT2D eigenvalue weighted by Crippen LogP contribution is -2.25. The number of hydrogen-bond donors (Lipinski definition) is 1. The van der Waals surface area contributed by atoms with E-state index >= 15 is 0 Å². The molecule has 0 radical (unpaired) electrons. The van der Waals surface area contributed by atoms with Crippen LogP contribution in [-0.2, 0) is 4.79 Å². The van der Waals surface area contributed by atoms with Crippen LogP contribution in [0.2, 0.25) is 0 Å². The van der Waals surface area contributed by atoms with Crippen molar-refractivity contribution in [1.29, 1.82) is 0 Å². The van der Waals surface area contributed by atoms with E-state index in [1.54, 1.807) is 11.3 Å². The Morgan fingerprint density at radius 2 is 2.38 bits per heavy atom. The van der Waals surface area contributed by atoms with Gasteiger partial charge in [-0.15, -0.1) is 11.3 Å². The predicted molar refractivity (Wildman–Crippen MR) is 68.3 cm³/mol. The first-order valence-electron chi connectivity index (χ1n) is 5.09. The normalized spacial score (nSPS) is 14.1. The molecule has 1 heterocycles. The Morgan fingerprint density at radius 1 is 1.62 bits per heavy atom. The number of nitrogens with one attached hydrogen (secondary N) is 1. The summed E-state index contributed by atoms with van der Waals surface area (Å²) >= 11 is 1.62. The van der Waals surface area contributed by atoms with Crippen LogP contribution < -0.4 is 5.32 Å². The number of nitrogens with zero attached hydrogens (tertiary/aromatic N) is 1. The summed E-state index contributed by atoms with van der Waals surface area (Å²) in [4.78, 5) is 15.6. The van der Waals surface area contributed by atoms with Crippen molar-refractivity contribution in [2.24, 2.45) is 0 Å². The second-order valence-electron chi connectivity index (χ2n) is 3.58. The Kier molecular flexibility index (Phi) is 4.92. The maximum absolute atomic E-state index is 10.3. The van der Waals surface area contributed by atoms with Gasteiger partial charge in [-0.3, -0.25) is 4.79 Å². The van der Waals surface area contributed by atoms with Gasteiger partial charge in [0.1, 0.15) is 0 Å². The number of carbonyl (C=O) groups is 1. The number of aromatic nitrogens is 1. The van der Waals surface area contributed by atoms with E-state index in [1.807, 2.05) is 44.5 Å². The largest absolute Gasteiger partial charge is 0.352 e. The highest BCUT2D eigenvalue weighted by Crippen LogP contribution is 2.14. The number of thiazole rings is 1. The number of amides is 1. The molecule has 0 saturated heterocycles. The summed E-state index contributed by atoms with van der Waals surface area (Å²) in [5.41, 5.74) is 4.00. The van der Waals surface area contributed by atoms with Crippen molar-refractivity contribution >= 4 is 23.8 Å². The number of allylic oxidation sites excluding steroid dienone is 2. The van der Waals surface area contributed by atoms with Crippen LogP contribution in [0.4, 0.5) is 0 Å². The third-order valence-corrected chi connectivity index (χ3v) is 3.29. The zero-order valence-electron chi connectivity index (χ0n) is 9.73. The van der Waals surface area contributed by atoms with Gasteiger partial charge < -0.3 is 5.32 Å². The average Bonchev–Trinajstić information content (AvgIpc) is 2.65. The van der Waals surface area contributed by atoms with Crippen LogP contribution >= 0.6 is 11.3 Å². The third-order valence-electron chi connectivity index (χ3n) is 2.39. The third kappa shape index (κ3) is 3.62. The Labute approximate surface area is 99.9 Å². The lowest BCUT2D eigenvalue weighted by molar-refractivity contribution is -0.109. The minimum Gasteiger partial charge on any atom is -0.352 e. The van der Waals surface area contributed by atoms with Gasteiger partial charge in [-0.2, -0.15) is 0 Å². The van der Waals surface area contributed by atoms with Crippen molar-refractivity contribution in [3.05, 3.63) is 33.8 Å². The van der Waals surface area contributed by atoms with Crippen molar-refractivity contribution in [1.82, 2.24) is 10.3 Å². The summed E-state index contributed by atoms with van der Waals surface area (Å²) in [5.74, 6) is 0. The van der Waals surface area contributed by atoms with Crippen LogP contribution in [0.3, 0.4) is 0 Å². The van der Waals surface area contributed by atoms with Gasteiger partial charge in [-0.25, -0.2) is 4.98 Å². The second kappa shape index (κ2) is 6.23. The van der Waals surface area contributed by atoms with Gasteiger partial charge in [0.25, 0.3) is 0 Å². The summed E-state index contributed by atoms with van der Waals surface area (Å²) in [6, 6.07) is 0.0738. The molecule has 0 aliphatic heterocycles. The molecule has 1 rings (SSSR count). The SMILES string of the molecule is C/C(=C\C=C\c1scnc1C)C(C)NC=O. The minimum atomic E-state index is 0.0738. The molecular formula is C12H16N2OS. The summed E-state index contributed by atoms with van der Waals surface area (Å²) in [6.07, 6.45) is 6.74. The molecule has 3 nitrogen and oxygen atoms in total. The van der Waals surface area contributed by atoms with Crippen molar-refractivity contribution in [2.75, 3.05) is 0 Å². The van der Waals surface area contributed by atoms with E-state index in [0.717, 1.165) is 17.7 Å². The zero-order chi connectivity index (χ0) is 12.0.